The minimum atomic E-state index is -0.890. The SMILES string of the molecule is CCC(O)(CC)COc1ccc(CNC(C)(C)C)cc1F. The zero-order valence-corrected chi connectivity index (χ0v) is 13.8. The van der Waals surface area contributed by atoms with Crippen molar-refractivity contribution < 1.29 is 14.2 Å². The first-order valence-corrected chi connectivity index (χ1v) is 7.58. The van der Waals surface area contributed by atoms with Crippen molar-refractivity contribution in [1.82, 2.24) is 5.32 Å². The maximum atomic E-state index is 14.0. The highest BCUT2D eigenvalue weighted by atomic mass is 19.1. The molecule has 0 aliphatic carbocycles. The molecule has 0 saturated carbocycles. The van der Waals surface area contributed by atoms with E-state index in [1.807, 2.05) is 19.9 Å². The van der Waals surface area contributed by atoms with E-state index >= 15 is 0 Å². The summed E-state index contributed by atoms with van der Waals surface area (Å²) in [4.78, 5) is 0. The van der Waals surface area contributed by atoms with Crippen LogP contribution in [0.5, 0.6) is 5.75 Å². The first-order valence-electron chi connectivity index (χ1n) is 7.58. The minimum absolute atomic E-state index is 0.00953. The summed E-state index contributed by atoms with van der Waals surface area (Å²) in [5.74, 6) is -0.201. The average molecular weight is 297 g/mol. The topological polar surface area (TPSA) is 41.5 Å². The number of rotatable bonds is 7. The zero-order valence-electron chi connectivity index (χ0n) is 13.8. The van der Waals surface area contributed by atoms with Crippen molar-refractivity contribution in [2.45, 2.75) is 65.1 Å². The van der Waals surface area contributed by atoms with Gasteiger partial charge in [0, 0.05) is 12.1 Å². The third-order valence-corrected chi connectivity index (χ3v) is 3.63. The highest BCUT2D eigenvalue weighted by Crippen LogP contribution is 2.22. The van der Waals surface area contributed by atoms with Crippen LogP contribution in [-0.2, 0) is 6.54 Å². The van der Waals surface area contributed by atoms with Crippen LogP contribution < -0.4 is 10.1 Å². The lowest BCUT2D eigenvalue weighted by Gasteiger charge is -2.25. The van der Waals surface area contributed by atoms with Crippen LogP contribution in [0.25, 0.3) is 0 Å². The quantitative estimate of drug-likeness (QED) is 0.807. The summed E-state index contributed by atoms with van der Waals surface area (Å²) in [5.41, 5.74) is -0.0282. The van der Waals surface area contributed by atoms with Gasteiger partial charge in [-0.25, -0.2) is 4.39 Å². The van der Waals surface area contributed by atoms with Gasteiger partial charge < -0.3 is 15.2 Å². The van der Waals surface area contributed by atoms with Crippen molar-refractivity contribution in [2.75, 3.05) is 6.61 Å². The Morgan fingerprint density at radius 3 is 2.29 bits per heavy atom. The van der Waals surface area contributed by atoms with Crippen LogP contribution in [0.1, 0.15) is 53.0 Å². The van der Waals surface area contributed by atoms with Crippen LogP contribution in [0.15, 0.2) is 18.2 Å². The molecule has 0 saturated heterocycles. The van der Waals surface area contributed by atoms with Gasteiger partial charge in [0.25, 0.3) is 0 Å². The second kappa shape index (κ2) is 7.23. The molecule has 0 spiro atoms. The van der Waals surface area contributed by atoms with Gasteiger partial charge in [-0.1, -0.05) is 19.9 Å². The van der Waals surface area contributed by atoms with Crippen LogP contribution in [-0.4, -0.2) is 22.9 Å². The van der Waals surface area contributed by atoms with E-state index in [-0.39, 0.29) is 17.9 Å². The normalized spacial score (nSPS) is 12.5. The van der Waals surface area contributed by atoms with Crippen molar-refractivity contribution in [1.29, 1.82) is 0 Å². The van der Waals surface area contributed by atoms with Crippen LogP contribution in [0.2, 0.25) is 0 Å². The zero-order chi connectivity index (χ0) is 16.1. The number of halogens is 1. The largest absolute Gasteiger partial charge is 0.488 e. The lowest BCUT2D eigenvalue weighted by atomic mass is 9.99. The van der Waals surface area contributed by atoms with Gasteiger partial charge in [0.1, 0.15) is 6.61 Å². The second-order valence-corrected chi connectivity index (χ2v) is 6.59. The van der Waals surface area contributed by atoms with Crippen molar-refractivity contribution in [3.05, 3.63) is 29.6 Å². The summed E-state index contributed by atoms with van der Waals surface area (Å²) in [6, 6.07) is 4.94. The summed E-state index contributed by atoms with van der Waals surface area (Å²) < 4.78 is 19.5. The molecule has 3 nitrogen and oxygen atoms in total. The highest BCUT2D eigenvalue weighted by Gasteiger charge is 2.23. The fourth-order valence-electron chi connectivity index (χ4n) is 1.80. The van der Waals surface area contributed by atoms with E-state index in [4.69, 9.17) is 4.74 Å². The number of ether oxygens (including phenoxy) is 1. The van der Waals surface area contributed by atoms with Crippen molar-refractivity contribution in [3.63, 3.8) is 0 Å². The summed E-state index contributed by atoms with van der Waals surface area (Å²) in [6.07, 6.45) is 1.16. The van der Waals surface area contributed by atoms with Crippen LogP contribution in [0.4, 0.5) is 4.39 Å². The van der Waals surface area contributed by atoms with E-state index in [0.29, 0.717) is 19.4 Å². The Hall–Kier alpha value is -1.13. The van der Waals surface area contributed by atoms with Gasteiger partial charge in [0.15, 0.2) is 11.6 Å². The molecular formula is C17H28FNO2. The van der Waals surface area contributed by atoms with Gasteiger partial charge >= 0.3 is 0 Å². The molecule has 0 radical (unpaired) electrons. The minimum Gasteiger partial charge on any atom is -0.488 e. The molecule has 4 heteroatoms. The molecule has 1 rings (SSSR count). The summed E-state index contributed by atoms with van der Waals surface area (Å²) >= 11 is 0. The molecule has 1 aromatic rings. The lowest BCUT2D eigenvalue weighted by molar-refractivity contribution is -0.0123. The first kappa shape index (κ1) is 17.9. The molecule has 0 unspecified atom stereocenters. The fourth-order valence-corrected chi connectivity index (χ4v) is 1.80. The van der Waals surface area contributed by atoms with Crippen molar-refractivity contribution >= 4 is 0 Å². The molecule has 0 amide bonds. The smallest absolute Gasteiger partial charge is 0.165 e. The summed E-state index contributed by atoms with van der Waals surface area (Å²) in [6.45, 7) is 10.7. The molecule has 0 atom stereocenters. The number of benzene rings is 1. The Morgan fingerprint density at radius 2 is 1.81 bits per heavy atom. The molecule has 21 heavy (non-hydrogen) atoms. The molecule has 2 N–H and O–H groups in total. The van der Waals surface area contributed by atoms with Gasteiger partial charge in [-0.15, -0.1) is 0 Å². The molecule has 0 bridgehead atoms. The van der Waals surface area contributed by atoms with Gasteiger partial charge in [-0.2, -0.15) is 0 Å². The lowest BCUT2D eigenvalue weighted by Crippen LogP contribution is -2.35. The van der Waals surface area contributed by atoms with E-state index in [1.54, 1.807) is 6.07 Å². The van der Waals surface area contributed by atoms with E-state index in [1.165, 1.54) is 6.07 Å². The Balaban J connectivity index is 2.66. The van der Waals surface area contributed by atoms with Crippen LogP contribution in [0.3, 0.4) is 0 Å². The first-order chi connectivity index (χ1) is 9.69. The van der Waals surface area contributed by atoms with Gasteiger partial charge in [-0.05, 0) is 51.3 Å². The van der Waals surface area contributed by atoms with E-state index in [0.717, 1.165) is 5.56 Å². The predicted octanol–water partition coefficient (Wildman–Crippen LogP) is 3.64. The maximum Gasteiger partial charge on any atom is 0.165 e. The monoisotopic (exact) mass is 297 g/mol. The molecule has 0 fully saturated rings. The van der Waals surface area contributed by atoms with Gasteiger partial charge in [0.05, 0.1) is 5.60 Å². The Bertz CT molecular complexity index is 451. The number of hydrogen-bond donors (Lipinski definition) is 2. The maximum absolute atomic E-state index is 14.0. The molecule has 120 valence electrons. The van der Waals surface area contributed by atoms with Crippen LogP contribution in [0, 0.1) is 5.82 Å². The average Bonchev–Trinajstić information content (AvgIpc) is 2.43. The van der Waals surface area contributed by atoms with E-state index in [2.05, 4.69) is 26.1 Å². The van der Waals surface area contributed by atoms with Crippen molar-refractivity contribution in [2.24, 2.45) is 0 Å². The van der Waals surface area contributed by atoms with Crippen LogP contribution >= 0.6 is 0 Å². The molecule has 0 aliphatic rings. The van der Waals surface area contributed by atoms with E-state index < -0.39 is 11.4 Å². The number of aliphatic hydroxyl groups is 1. The Morgan fingerprint density at radius 1 is 1.19 bits per heavy atom. The Labute approximate surface area is 127 Å². The molecule has 1 aromatic carbocycles. The Kier molecular flexibility index (Phi) is 6.17. The standard InChI is InChI=1S/C17H28FNO2/c1-6-17(20,7-2)12-21-15-9-8-13(10-14(15)18)11-19-16(3,4)5/h8-10,19-20H,6-7,11-12H2,1-5H3. The molecular weight excluding hydrogens is 269 g/mol. The molecule has 0 heterocycles. The predicted molar refractivity (Wildman–Crippen MR) is 84.0 cm³/mol. The summed E-state index contributed by atoms with van der Waals surface area (Å²) in [7, 11) is 0. The van der Waals surface area contributed by atoms with Gasteiger partial charge in [-0.3, -0.25) is 0 Å². The van der Waals surface area contributed by atoms with Gasteiger partial charge in [0.2, 0.25) is 0 Å². The number of nitrogens with one attached hydrogen (secondary N) is 1. The van der Waals surface area contributed by atoms with E-state index in [9.17, 15) is 9.50 Å². The fraction of sp³-hybridized carbons (Fsp3) is 0.647. The third kappa shape index (κ3) is 6.02. The summed E-state index contributed by atoms with van der Waals surface area (Å²) in [5, 5.41) is 13.5. The van der Waals surface area contributed by atoms with Crippen molar-refractivity contribution in [3.8, 4) is 5.75 Å². The highest BCUT2D eigenvalue weighted by molar-refractivity contribution is 5.29. The second-order valence-electron chi connectivity index (χ2n) is 6.59. The molecule has 0 aliphatic heterocycles. The third-order valence-electron chi connectivity index (χ3n) is 3.63. The molecule has 0 aromatic heterocycles. The number of hydrogen-bond acceptors (Lipinski definition) is 3.